The number of carboxylic acid groups (broad SMARTS) is 1. The van der Waals surface area contributed by atoms with E-state index < -0.39 is 11.8 Å². The molecule has 0 bridgehead atoms. The van der Waals surface area contributed by atoms with Gasteiger partial charge in [-0.2, -0.15) is 5.10 Å². The van der Waals surface area contributed by atoms with Gasteiger partial charge in [-0.15, -0.1) is 0 Å². The second kappa shape index (κ2) is 6.38. The van der Waals surface area contributed by atoms with Gasteiger partial charge in [0.05, 0.1) is 16.9 Å². The van der Waals surface area contributed by atoms with Gasteiger partial charge in [-0.1, -0.05) is 0 Å². The second-order valence-corrected chi connectivity index (χ2v) is 4.96. The van der Waals surface area contributed by atoms with Crippen LogP contribution in [0.4, 0.5) is 10.1 Å². The zero-order valence-electron chi connectivity index (χ0n) is 12.3. The monoisotopic (exact) mass is 305 g/mol. The summed E-state index contributed by atoms with van der Waals surface area (Å²) in [6.45, 7) is 1.85. The van der Waals surface area contributed by atoms with Crippen molar-refractivity contribution in [3.63, 3.8) is 0 Å². The molecule has 0 radical (unpaired) electrons. The summed E-state index contributed by atoms with van der Waals surface area (Å²) in [4.78, 5) is 22.7. The van der Waals surface area contributed by atoms with E-state index in [1.807, 2.05) is 13.1 Å². The third-order valence-corrected chi connectivity index (χ3v) is 3.22. The van der Waals surface area contributed by atoms with Gasteiger partial charge in [0.15, 0.2) is 0 Å². The van der Waals surface area contributed by atoms with Crippen molar-refractivity contribution in [2.75, 3.05) is 5.32 Å². The van der Waals surface area contributed by atoms with Crippen LogP contribution in [0.1, 0.15) is 28.0 Å². The van der Waals surface area contributed by atoms with Crippen molar-refractivity contribution < 1.29 is 19.1 Å². The molecule has 0 aliphatic rings. The summed E-state index contributed by atoms with van der Waals surface area (Å²) in [7, 11) is 1.79. The van der Waals surface area contributed by atoms with Crippen LogP contribution < -0.4 is 5.32 Å². The highest BCUT2D eigenvalue weighted by atomic mass is 19.1. The topological polar surface area (TPSA) is 84.2 Å². The predicted octanol–water partition coefficient (Wildman–Crippen LogP) is 2.14. The van der Waals surface area contributed by atoms with Gasteiger partial charge >= 0.3 is 5.97 Å². The Balaban J connectivity index is 2.01. The molecule has 2 aromatic rings. The summed E-state index contributed by atoms with van der Waals surface area (Å²) >= 11 is 0. The molecule has 0 saturated carbocycles. The average Bonchev–Trinajstić information content (AvgIpc) is 2.77. The van der Waals surface area contributed by atoms with Crippen molar-refractivity contribution in [3.05, 3.63) is 47.0 Å². The van der Waals surface area contributed by atoms with Gasteiger partial charge in [-0.3, -0.25) is 9.48 Å². The zero-order valence-corrected chi connectivity index (χ0v) is 12.3. The first-order chi connectivity index (χ1) is 10.4. The van der Waals surface area contributed by atoms with Gasteiger partial charge in [0, 0.05) is 19.7 Å². The number of carboxylic acids is 1. The second-order valence-electron chi connectivity index (χ2n) is 4.96. The third kappa shape index (κ3) is 3.69. The highest BCUT2D eigenvalue weighted by Gasteiger charge is 2.12. The van der Waals surface area contributed by atoms with Gasteiger partial charge < -0.3 is 10.4 Å². The third-order valence-electron chi connectivity index (χ3n) is 3.22. The number of hydrogen-bond acceptors (Lipinski definition) is 3. The number of nitrogens with zero attached hydrogens (tertiary/aromatic N) is 2. The maximum absolute atomic E-state index is 13.6. The van der Waals surface area contributed by atoms with E-state index in [0.29, 0.717) is 6.42 Å². The summed E-state index contributed by atoms with van der Waals surface area (Å²) < 4.78 is 15.3. The zero-order chi connectivity index (χ0) is 16.3. The summed E-state index contributed by atoms with van der Waals surface area (Å²) in [5, 5.41) is 15.5. The van der Waals surface area contributed by atoms with Crippen LogP contribution in [0.15, 0.2) is 24.4 Å². The number of carbonyl (C=O) groups is 2. The molecule has 1 aromatic carbocycles. The molecule has 6 nitrogen and oxygen atoms in total. The number of rotatable bonds is 5. The van der Waals surface area contributed by atoms with E-state index in [4.69, 9.17) is 5.11 Å². The molecule has 116 valence electrons. The fraction of sp³-hybridized carbons (Fsp3) is 0.267. The molecule has 1 heterocycles. The number of anilines is 1. The van der Waals surface area contributed by atoms with E-state index in [1.165, 1.54) is 0 Å². The molecular formula is C15H16FN3O3. The van der Waals surface area contributed by atoms with Crippen LogP contribution in [0.5, 0.6) is 0 Å². The van der Waals surface area contributed by atoms with Gasteiger partial charge in [-0.05, 0) is 37.1 Å². The molecule has 0 spiro atoms. The lowest BCUT2D eigenvalue weighted by Gasteiger charge is -2.07. The first-order valence-electron chi connectivity index (χ1n) is 6.68. The SMILES string of the molecule is Cc1nn(C)cc1CCC(=O)Nc1cc(C(=O)O)ccc1F. The number of benzene rings is 1. The summed E-state index contributed by atoms with van der Waals surface area (Å²) in [6.07, 6.45) is 2.46. The van der Waals surface area contributed by atoms with Crippen LogP contribution in [0.2, 0.25) is 0 Å². The molecule has 2 rings (SSSR count). The highest BCUT2D eigenvalue weighted by Crippen LogP contribution is 2.17. The van der Waals surface area contributed by atoms with E-state index in [2.05, 4.69) is 10.4 Å². The Morgan fingerprint density at radius 1 is 1.41 bits per heavy atom. The molecule has 1 amide bonds. The summed E-state index contributed by atoms with van der Waals surface area (Å²) in [5.41, 5.74) is 1.57. The van der Waals surface area contributed by atoms with Crippen LogP contribution >= 0.6 is 0 Å². The molecule has 0 unspecified atom stereocenters. The lowest BCUT2D eigenvalue weighted by atomic mass is 10.1. The van der Waals surface area contributed by atoms with Crippen molar-refractivity contribution in [3.8, 4) is 0 Å². The molecule has 0 fully saturated rings. The first kappa shape index (κ1) is 15.7. The fourth-order valence-corrected chi connectivity index (χ4v) is 2.11. The van der Waals surface area contributed by atoms with E-state index in [9.17, 15) is 14.0 Å². The Morgan fingerprint density at radius 2 is 2.14 bits per heavy atom. The highest BCUT2D eigenvalue weighted by molar-refractivity contribution is 5.94. The molecule has 2 N–H and O–H groups in total. The number of amides is 1. The minimum Gasteiger partial charge on any atom is -0.478 e. The smallest absolute Gasteiger partial charge is 0.335 e. The number of hydrogen-bond donors (Lipinski definition) is 2. The molecule has 0 atom stereocenters. The molecule has 0 saturated heterocycles. The van der Waals surface area contributed by atoms with Crippen LogP contribution in [0.25, 0.3) is 0 Å². The molecule has 1 aromatic heterocycles. The van der Waals surface area contributed by atoms with E-state index >= 15 is 0 Å². The average molecular weight is 305 g/mol. The molecule has 22 heavy (non-hydrogen) atoms. The Bertz CT molecular complexity index is 725. The first-order valence-corrected chi connectivity index (χ1v) is 6.68. The minimum atomic E-state index is -1.18. The molecule has 0 aliphatic carbocycles. The molecular weight excluding hydrogens is 289 g/mol. The van der Waals surface area contributed by atoms with Crippen LogP contribution in [0.3, 0.4) is 0 Å². The number of aromatic nitrogens is 2. The Kier molecular flexibility index (Phi) is 4.55. The predicted molar refractivity (Wildman–Crippen MR) is 78.3 cm³/mol. The minimum absolute atomic E-state index is 0.0835. The van der Waals surface area contributed by atoms with E-state index in [1.54, 1.807) is 11.7 Å². The van der Waals surface area contributed by atoms with E-state index in [0.717, 1.165) is 29.5 Å². The molecule has 0 aliphatic heterocycles. The largest absolute Gasteiger partial charge is 0.478 e. The number of aromatic carboxylic acids is 1. The van der Waals surface area contributed by atoms with Crippen LogP contribution in [-0.4, -0.2) is 26.8 Å². The lowest BCUT2D eigenvalue weighted by Crippen LogP contribution is -2.14. The number of nitrogens with one attached hydrogen (secondary N) is 1. The van der Waals surface area contributed by atoms with Crippen molar-refractivity contribution in [1.29, 1.82) is 0 Å². The Morgan fingerprint density at radius 3 is 2.73 bits per heavy atom. The van der Waals surface area contributed by atoms with Crippen molar-refractivity contribution >= 4 is 17.6 Å². The fourth-order valence-electron chi connectivity index (χ4n) is 2.11. The Hall–Kier alpha value is -2.70. The van der Waals surface area contributed by atoms with Gasteiger partial charge in [0.1, 0.15) is 5.82 Å². The van der Waals surface area contributed by atoms with Gasteiger partial charge in [-0.25, -0.2) is 9.18 Å². The van der Waals surface area contributed by atoms with Gasteiger partial charge in [0.25, 0.3) is 0 Å². The summed E-state index contributed by atoms with van der Waals surface area (Å²) in [5.74, 6) is -2.23. The van der Waals surface area contributed by atoms with Gasteiger partial charge in [0.2, 0.25) is 5.91 Å². The van der Waals surface area contributed by atoms with Crippen molar-refractivity contribution in [2.45, 2.75) is 19.8 Å². The maximum atomic E-state index is 13.6. The number of aryl methyl sites for hydroxylation is 3. The van der Waals surface area contributed by atoms with Crippen molar-refractivity contribution in [2.24, 2.45) is 7.05 Å². The number of carbonyl (C=O) groups excluding carboxylic acids is 1. The Labute approximate surface area is 126 Å². The standard InChI is InChI=1S/C15H16FN3O3/c1-9-11(8-19(2)18-9)4-6-14(20)17-13-7-10(15(21)22)3-5-12(13)16/h3,5,7-8H,4,6H2,1-2H3,(H,17,20)(H,21,22). The normalized spacial score (nSPS) is 10.5. The number of halogens is 1. The summed E-state index contributed by atoms with van der Waals surface area (Å²) in [6, 6.07) is 3.27. The maximum Gasteiger partial charge on any atom is 0.335 e. The lowest BCUT2D eigenvalue weighted by molar-refractivity contribution is -0.116. The van der Waals surface area contributed by atoms with E-state index in [-0.39, 0.29) is 23.6 Å². The quantitative estimate of drug-likeness (QED) is 0.886. The van der Waals surface area contributed by atoms with Crippen LogP contribution in [-0.2, 0) is 18.3 Å². The van der Waals surface area contributed by atoms with Crippen LogP contribution in [0, 0.1) is 12.7 Å². The molecule has 7 heteroatoms. The van der Waals surface area contributed by atoms with Crippen molar-refractivity contribution in [1.82, 2.24) is 9.78 Å².